The molecule has 2 aliphatic heterocycles. The van der Waals surface area contributed by atoms with Crippen molar-refractivity contribution < 1.29 is 26.7 Å². The number of amides is 1. The summed E-state index contributed by atoms with van der Waals surface area (Å²) in [6.07, 6.45) is 7.01. The summed E-state index contributed by atoms with van der Waals surface area (Å²) in [5, 5.41) is 4.31. The number of likely N-dealkylation sites (tertiary alicyclic amines) is 1. The van der Waals surface area contributed by atoms with Crippen molar-refractivity contribution in [1.82, 2.24) is 29.3 Å². The predicted molar refractivity (Wildman–Crippen MR) is 167 cm³/mol. The molecule has 1 aliphatic carbocycles. The first-order valence-corrected chi connectivity index (χ1v) is 17.2. The van der Waals surface area contributed by atoms with Gasteiger partial charge < -0.3 is 24.1 Å². The number of fused-ring (bicyclic) bond motifs is 2. The van der Waals surface area contributed by atoms with Crippen molar-refractivity contribution in [3.05, 3.63) is 35.9 Å². The van der Waals surface area contributed by atoms with Crippen LogP contribution in [0.1, 0.15) is 48.9 Å². The maximum atomic E-state index is 13.8. The van der Waals surface area contributed by atoms with Crippen LogP contribution in [0.2, 0.25) is 0 Å². The van der Waals surface area contributed by atoms with Gasteiger partial charge in [0, 0.05) is 43.2 Å². The zero-order valence-corrected chi connectivity index (χ0v) is 26.4. The quantitative estimate of drug-likeness (QED) is 0.285. The minimum absolute atomic E-state index is 0.00318. The van der Waals surface area contributed by atoms with Gasteiger partial charge in [0.1, 0.15) is 22.7 Å². The number of carbonyl (C=O) groups is 1. The van der Waals surface area contributed by atoms with E-state index >= 15 is 0 Å². The van der Waals surface area contributed by atoms with Crippen LogP contribution in [0.4, 0.5) is 14.6 Å². The number of alkyl halides is 2. The molecule has 0 bridgehead atoms. The van der Waals surface area contributed by atoms with Crippen molar-refractivity contribution >= 4 is 43.8 Å². The Morgan fingerprint density at radius 3 is 2.62 bits per heavy atom. The number of aromatic nitrogens is 4. The summed E-state index contributed by atoms with van der Waals surface area (Å²) in [5.74, 6) is 1.11. The van der Waals surface area contributed by atoms with Gasteiger partial charge in [-0.25, -0.2) is 18.4 Å². The van der Waals surface area contributed by atoms with Crippen LogP contribution in [0.5, 0.6) is 5.75 Å². The van der Waals surface area contributed by atoms with Crippen LogP contribution in [0.3, 0.4) is 0 Å². The van der Waals surface area contributed by atoms with E-state index in [0.717, 1.165) is 56.8 Å². The Morgan fingerprint density at radius 1 is 1.18 bits per heavy atom. The van der Waals surface area contributed by atoms with E-state index in [2.05, 4.69) is 10.3 Å². The van der Waals surface area contributed by atoms with Crippen molar-refractivity contribution in [2.75, 3.05) is 37.3 Å². The Hall–Kier alpha value is -3.78. The Bertz CT molecular complexity index is 1910. The molecular formula is C31H37F2N7O4S. The third kappa shape index (κ3) is 5.31. The van der Waals surface area contributed by atoms with Gasteiger partial charge >= 0.3 is 6.55 Å². The largest absolute Gasteiger partial charge is 0.494 e. The van der Waals surface area contributed by atoms with E-state index in [1.807, 2.05) is 33.2 Å². The number of ether oxygens (including phenoxy) is 1. The van der Waals surface area contributed by atoms with Crippen molar-refractivity contribution in [1.29, 1.82) is 0 Å². The molecule has 1 atom stereocenters. The molecule has 240 valence electrons. The molecule has 3 fully saturated rings. The number of anilines is 1. The normalized spacial score (nSPS) is 20.6. The summed E-state index contributed by atoms with van der Waals surface area (Å²) < 4.78 is 61.8. The standard InChI is InChI=1S/C31H37F2N7O4S/c1-37-26-22(14-21(16-24(26)44-2)29(41)38-13-5-11-31(18-38)10-4-12-34-31)35-28(37)23-15-20-8-9-25(40(30(32)33)45(3,42)43)36-27(20)39(23)17-19-6-7-19/h8-9,14-16,19,30,34H,4-7,10-13,17-18H2,1-3H3. The Balaban J connectivity index is 1.32. The molecule has 1 aromatic carbocycles. The van der Waals surface area contributed by atoms with Gasteiger partial charge in [0.25, 0.3) is 5.91 Å². The molecule has 1 saturated carbocycles. The van der Waals surface area contributed by atoms with Gasteiger partial charge in [0.2, 0.25) is 10.0 Å². The first-order chi connectivity index (χ1) is 21.5. The monoisotopic (exact) mass is 641 g/mol. The lowest BCUT2D eigenvalue weighted by atomic mass is 9.87. The first-order valence-electron chi connectivity index (χ1n) is 15.3. The third-order valence-electron chi connectivity index (χ3n) is 9.45. The molecule has 3 aromatic heterocycles. The van der Waals surface area contributed by atoms with E-state index in [4.69, 9.17) is 9.72 Å². The number of pyridine rings is 1. The molecule has 45 heavy (non-hydrogen) atoms. The van der Waals surface area contributed by atoms with E-state index in [-0.39, 0.29) is 21.6 Å². The fourth-order valence-electron chi connectivity index (χ4n) is 7.11. The van der Waals surface area contributed by atoms with Crippen LogP contribution in [-0.4, -0.2) is 83.4 Å². The Labute approximate surface area is 260 Å². The number of methoxy groups -OCH3 is 1. The molecule has 1 unspecified atom stereocenters. The minimum Gasteiger partial charge on any atom is -0.494 e. The number of rotatable bonds is 8. The highest BCUT2D eigenvalue weighted by atomic mass is 32.2. The minimum atomic E-state index is -4.27. The lowest BCUT2D eigenvalue weighted by Gasteiger charge is -2.40. The Kier molecular flexibility index (Phi) is 7.27. The van der Waals surface area contributed by atoms with Crippen LogP contribution in [-0.2, 0) is 23.6 Å². The molecule has 14 heteroatoms. The summed E-state index contributed by atoms with van der Waals surface area (Å²) in [6.45, 7) is -0.329. The average molecular weight is 642 g/mol. The average Bonchev–Trinajstić information content (AvgIpc) is 3.46. The number of nitrogens with zero attached hydrogens (tertiary/aromatic N) is 6. The molecule has 11 nitrogen and oxygen atoms in total. The van der Waals surface area contributed by atoms with Crippen molar-refractivity contribution in [2.24, 2.45) is 13.0 Å². The summed E-state index contributed by atoms with van der Waals surface area (Å²) in [5.41, 5.74) is 2.93. The van der Waals surface area contributed by atoms with E-state index in [9.17, 15) is 22.0 Å². The fraction of sp³-hybridized carbons (Fsp3) is 0.516. The molecular weight excluding hydrogens is 604 g/mol. The van der Waals surface area contributed by atoms with E-state index < -0.39 is 16.6 Å². The number of nitrogens with one attached hydrogen (secondary N) is 1. The number of sulfonamides is 1. The molecule has 2 saturated heterocycles. The number of piperidine rings is 1. The van der Waals surface area contributed by atoms with Gasteiger partial charge in [-0.3, -0.25) is 4.79 Å². The van der Waals surface area contributed by atoms with E-state index in [1.54, 1.807) is 19.2 Å². The molecule has 1 N–H and O–H groups in total. The molecule has 0 radical (unpaired) electrons. The second-order valence-corrected chi connectivity index (χ2v) is 14.5. The van der Waals surface area contributed by atoms with Crippen LogP contribution >= 0.6 is 0 Å². The molecule has 1 amide bonds. The summed E-state index contributed by atoms with van der Waals surface area (Å²) in [4.78, 5) is 25.2. The predicted octanol–water partition coefficient (Wildman–Crippen LogP) is 4.36. The zero-order valence-electron chi connectivity index (χ0n) is 25.6. The molecule has 5 heterocycles. The van der Waals surface area contributed by atoms with Crippen LogP contribution in [0, 0.1) is 5.92 Å². The van der Waals surface area contributed by atoms with Gasteiger partial charge in [-0.05, 0) is 81.3 Å². The van der Waals surface area contributed by atoms with Gasteiger partial charge in [-0.2, -0.15) is 13.1 Å². The number of aryl methyl sites for hydroxylation is 1. The lowest BCUT2D eigenvalue weighted by molar-refractivity contribution is 0.0622. The van der Waals surface area contributed by atoms with Gasteiger partial charge in [0.05, 0.1) is 24.6 Å². The highest BCUT2D eigenvalue weighted by molar-refractivity contribution is 7.92. The molecule has 1 spiro atoms. The summed E-state index contributed by atoms with van der Waals surface area (Å²) >= 11 is 0. The second-order valence-electron chi connectivity index (χ2n) is 12.7. The maximum Gasteiger partial charge on any atom is 0.329 e. The SMILES string of the molecule is COc1cc(C(=O)N2CCCC3(CCCN3)C2)cc2nc(-c3cc4ccc(N(C(F)F)S(C)(=O)=O)nc4n3CC3CC3)n(C)c12. The number of hydrogen-bond acceptors (Lipinski definition) is 7. The molecule has 7 rings (SSSR count). The highest BCUT2D eigenvalue weighted by Crippen LogP contribution is 2.39. The smallest absolute Gasteiger partial charge is 0.329 e. The fourth-order valence-corrected chi connectivity index (χ4v) is 7.84. The van der Waals surface area contributed by atoms with Crippen molar-refractivity contribution in [3.8, 4) is 17.3 Å². The van der Waals surface area contributed by atoms with Crippen LogP contribution in [0.25, 0.3) is 33.6 Å². The second kappa shape index (κ2) is 10.9. The lowest BCUT2D eigenvalue weighted by Crippen LogP contribution is -2.55. The number of halogens is 2. The Morgan fingerprint density at radius 2 is 1.96 bits per heavy atom. The first kappa shape index (κ1) is 29.9. The summed E-state index contributed by atoms with van der Waals surface area (Å²) in [7, 11) is -0.826. The van der Waals surface area contributed by atoms with Gasteiger partial charge in [0.15, 0.2) is 5.82 Å². The number of hydrogen-bond donors (Lipinski definition) is 1. The van der Waals surface area contributed by atoms with Gasteiger partial charge in [-0.1, -0.05) is 0 Å². The van der Waals surface area contributed by atoms with E-state index in [0.29, 0.717) is 64.9 Å². The topological polar surface area (TPSA) is 115 Å². The van der Waals surface area contributed by atoms with Crippen molar-refractivity contribution in [2.45, 2.75) is 57.2 Å². The number of benzene rings is 1. The number of carbonyl (C=O) groups excluding carboxylic acids is 1. The highest BCUT2D eigenvalue weighted by Gasteiger charge is 2.39. The van der Waals surface area contributed by atoms with Gasteiger partial charge in [-0.15, -0.1) is 0 Å². The number of imidazole rings is 1. The maximum absolute atomic E-state index is 13.8. The third-order valence-corrected chi connectivity index (χ3v) is 10.5. The molecule has 3 aliphatic rings. The van der Waals surface area contributed by atoms with Crippen LogP contribution in [0.15, 0.2) is 30.3 Å². The molecule has 4 aromatic rings. The van der Waals surface area contributed by atoms with Crippen LogP contribution < -0.4 is 14.4 Å². The van der Waals surface area contributed by atoms with Crippen molar-refractivity contribution in [3.63, 3.8) is 0 Å². The van der Waals surface area contributed by atoms with E-state index in [1.165, 1.54) is 6.07 Å². The zero-order chi connectivity index (χ0) is 31.7. The summed E-state index contributed by atoms with van der Waals surface area (Å²) in [6, 6.07) is 8.38.